The summed E-state index contributed by atoms with van der Waals surface area (Å²) >= 11 is 6.06. The van der Waals surface area contributed by atoms with Gasteiger partial charge in [0.25, 0.3) is 0 Å². The molecule has 1 aromatic carbocycles. The maximum Gasteiger partial charge on any atom is 0.0662 e. The van der Waals surface area contributed by atoms with Gasteiger partial charge in [-0.1, -0.05) is 29.8 Å². The van der Waals surface area contributed by atoms with Gasteiger partial charge in [-0.05, 0) is 11.6 Å². The molecule has 1 atom stereocenters. The molecule has 0 aliphatic carbocycles. The fraction of sp³-hybridized carbons (Fsp3) is 0.400. The van der Waals surface area contributed by atoms with Crippen LogP contribution in [0.15, 0.2) is 24.3 Å². The normalized spacial score (nSPS) is 21.4. The molecule has 1 aromatic rings. The topological polar surface area (TPSA) is 21.3 Å². The highest BCUT2D eigenvalue weighted by Gasteiger charge is 2.16. The van der Waals surface area contributed by atoms with Crippen molar-refractivity contribution in [3.63, 3.8) is 0 Å². The zero-order chi connectivity index (χ0) is 9.10. The maximum absolute atomic E-state index is 6.06. The summed E-state index contributed by atoms with van der Waals surface area (Å²) in [5.74, 6) is 0. The minimum atomic E-state index is 0. The number of ether oxygens (including phenoxy) is 1. The molecule has 0 bridgehead atoms. The molecule has 1 saturated heterocycles. The fourth-order valence-corrected chi connectivity index (χ4v) is 1.79. The number of hydrogen-bond acceptors (Lipinski definition) is 2. The Kier molecular flexibility index (Phi) is 4.69. The Morgan fingerprint density at radius 2 is 2.14 bits per heavy atom. The first-order valence-corrected chi connectivity index (χ1v) is 4.81. The predicted octanol–water partition coefficient (Wildman–Crippen LogP) is 2.42. The van der Waals surface area contributed by atoms with E-state index in [-0.39, 0.29) is 18.4 Å². The van der Waals surface area contributed by atoms with Crippen molar-refractivity contribution in [2.45, 2.75) is 6.04 Å². The average Bonchev–Trinajstić information content (AvgIpc) is 2.20. The van der Waals surface area contributed by atoms with Crippen LogP contribution in [-0.2, 0) is 4.74 Å². The number of rotatable bonds is 1. The average molecular weight is 234 g/mol. The summed E-state index contributed by atoms with van der Waals surface area (Å²) in [6.45, 7) is 2.40. The Morgan fingerprint density at radius 1 is 1.36 bits per heavy atom. The molecular formula is C10H13Cl2NO. The van der Waals surface area contributed by atoms with Gasteiger partial charge in [-0.2, -0.15) is 0 Å². The smallest absolute Gasteiger partial charge is 0.0662 e. The zero-order valence-corrected chi connectivity index (χ0v) is 9.27. The second-order valence-electron chi connectivity index (χ2n) is 3.10. The van der Waals surface area contributed by atoms with Crippen LogP contribution in [0.4, 0.5) is 0 Å². The quantitative estimate of drug-likeness (QED) is 0.805. The summed E-state index contributed by atoms with van der Waals surface area (Å²) in [5.41, 5.74) is 1.13. The third-order valence-electron chi connectivity index (χ3n) is 2.20. The van der Waals surface area contributed by atoms with E-state index < -0.39 is 0 Å². The highest BCUT2D eigenvalue weighted by Crippen LogP contribution is 2.23. The predicted molar refractivity (Wildman–Crippen MR) is 60.3 cm³/mol. The molecule has 14 heavy (non-hydrogen) atoms. The Morgan fingerprint density at radius 3 is 2.79 bits per heavy atom. The van der Waals surface area contributed by atoms with Crippen LogP contribution in [0, 0.1) is 0 Å². The summed E-state index contributed by atoms with van der Waals surface area (Å²) in [5, 5.41) is 4.18. The molecule has 78 valence electrons. The monoisotopic (exact) mass is 233 g/mol. The first-order valence-electron chi connectivity index (χ1n) is 4.43. The van der Waals surface area contributed by atoms with Gasteiger partial charge in [0.05, 0.1) is 19.3 Å². The first-order chi connectivity index (χ1) is 6.38. The van der Waals surface area contributed by atoms with E-state index in [4.69, 9.17) is 16.3 Å². The van der Waals surface area contributed by atoms with Crippen molar-refractivity contribution in [1.82, 2.24) is 5.32 Å². The lowest BCUT2D eigenvalue weighted by Gasteiger charge is -2.24. The third kappa shape index (κ3) is 2.61. The summed E-state index contributed by atoms with van der Waals surface area (Å²) < 4.78 is 5.37. The van der Waals surface area contributed by atoms with Gasteiger partial charge in [0.2, 0.25) is 0 Å². The van der Waals surface area contributed by atoms with Crippen molar-refractivity contribution in [1.29, 1.82) is 0 Å². The summed E-state index contributed by atoms with van der Waals surface area (Å²) in [6.07, 6.45) is 0. The van der Waals surface area contributed by atoms with Gasteiger partial charge in [-0.15, -0.1) is 12.4 Å². The zero-order valence-electron chi connectivity index (χ0n) is 7.70. The van der Waals surface area contributed by atoms with Gasteiger partial charge in [0.1, 0.15) is 0 Å². The Labute approximate surface area is 95.0 Å². The molecule has 4 heteroatoms. The minimum Gasteiger partial charge on any atom is -0.378 e. The molecule has 0 spiro atoms. The number of hydrogen-bond donors (Lipinski definition) is 1. The summed E-state index contributed by atoms with van der Waals surface area (Å²) in [4.78, 5) is 0. The molecule has 1 heterocycles. The fourth-order valence-electron chi connectivity index (χ4n) is 1.52. The minimum absolute atomic E-state index is 0. The molecule has 0 amide bonds. The molecule has 2 nitrogen and oxygen atoms in total. The van der Waals surface area contributed by atoms with Crippen LogP contribution in [0.1, 0.15) is 11.6 Å². The van der Waals surface area contributed by atoms with E-state index >= 15 is 0 Å². The van der Waals surface area contributed by atoms with E-state index in [0.29, 0.717) is 6.61 Å². The highest BCUT2D eigenvalue weighted by molar-refractivity contribution is 6.31. The summed E-state index contributed by atoms with van der Waals surface area (Å²) in [7, 11) is 0. The van der Waals surface area contributed by atoms with Crippen LogP contribution in [0.2, 0.25) is 5.02 Å². The third-order valence-corrected chi connectivity index (χ3v) is 2.55. The lowest BCUT2D eigenvalue weighted by Crippen LogP contribution is -2.34. The van der Waals surface area contributed by atoms with E-state index in [1.165, 1.54) is 0 Å². The maximum atomic E-state index is 6.06. The van der Waals surface area contributed by atoms with Crippen molar-refractivity contribution < 1.29 is 4.74 Å². The van der Waals surface area contributed by atoms with Crippen molar-refractivity contribution in [3.8, 4) is 0 Å². The Hall–Kier alpha value is -0.280. The Balaban J connectivity index is 0.000000980. The van der Waals surface area contributed by atoms with Gasteiger partial charge in [0, 0.05) is 11.6 Å². The summed E-state index contributed by atoms with van der Waals surface area (Å²) in [6, 6.07) is 8.14. The van der Waals surface area contributed by atoms with E-state index in [1.54, 1.807) is 0 Å². The highest BCUT2D eigenvalue weighted by atomic mass is 35.5. The van der Waals surface area contributed by atoms with Gasteiger partial charge >= 0.3 is 0 Å². The second-order valence-corrected chi connectivity index (χ2v) is 3.51. The van der Waals surface area contributed by atoms with E-state index in [1.807, 2.05) is 24.3 Å². The molecule has 1 N–H and O–H groups in total. The number of morpholine rings is 1. The van der Waals surface area contributed by atoms with Gasteiger partial charge in [0.15, 0.2) is 0 Å². The number of nitrogens with one attached hydrogen (secondary N) is 1. The van der Waals surface area contributed by atoms with Gasteiger partial charge in [-0.25, -0.2) is 0 Å². The number of benzene rings is 1. The lowest BCUT2D eigenvalue weighted by atomic mass is 10.1. The molecule has 0 saturated carbocycles. The number of halogens is 2. The van der Waals surface area contributed by atoms with E-state index in [2.05, 4.69) is 5.32 Å². The van der Waals surface area contributed by atoms with Crippen molar-refractivity contribution in [2.24, 2.45) is 0 Å². The largest absolute Gasteiger partial charge is 0.378 e. The van der Waals surface area contributed by atoms with Crippen molar-refractivity contribution in [3.05, 3.63) is 34.9 Å². The molecule has 1 fully saturated rings. The van der Waals surface area contributed by atoms with Crippen molar-refractivity contribution in [2.75, 3.05) is 19.8 Å². The molecule has 0 aromatic heterocycles. The second kappa shape index (κ2) is 5.56. The van der Waals surface area contributed by atoms with Crippen LogP contribution >= 0.6 is 24.0 Å². The van der Waals surface area contributed by atoms with Gasteiger partial charge in [-0.3, -0.25) is 0 Å². The Bertz CT molecular complexity index is 287. The SMILES string of the molecule is Cl.Clc1ccccc1C1COCCN1. The van der Waals surface area contributed by atoms with Crippen LogP contribution in [-0.4, -0.2) is 19.8 Å². The molecule has 1 unspecified atom stereocenters. The molecule has 1 aliphatic rings. The molecular weight excluding hydrogens is 221 g/mol. The van der Waals surface area contributed by atoms with E-state index in [9.17, 15) is 0 Å². The van der Waals surface area contributed by atoms with Gasteiger partial charge < -0.3 is 10.1 Å². The van der Waals surface area contributed by atoms with Crippen molar-refractivity contribution >= 4 is 24.0 Å². The molecule has 2 rings (SSSR count). The standard InChI is InChI=1S/C10H12ClNO.ClH/c11-9-4-2-1-3-8(9)10-7-13-6-5-12-10;/h1-4,10,12H,5-7H2;1H. The molecule has 1 aliphatic heterocycles. The van der Waals surface area contributed by atoms with Crippen LogP contribution in [0.25, 0.3) is 0 Å². The van der Waals surface area contributed by atoms with E-state index in [0.717, 1.165) is 23.7 Å². The first kappa shape index (κ1) is 11.8. The van der Waals surface area contributed by atoms with Crippen LogP contribution in [0.5, 0.6) is 0 Å². The molecule has 0 radical (unpaired) electrons. The van der Waals surface area contributed by atoms with Crippen LogP contribution < -0.4 is 5.32 Å². The van der Waals surface area contributed by atoms with Crippen LogP contribution in [0.3, 0.4) is 0 Å². The lowest BCUT2D eigenvalue weighted by molar-refractivity contribution is 0.0769.